The minimum atomic E-state index is -0.486. The minimum absolute atomic E-state index is 0.0000757. The lowest BCUT2D eigenvalue weighted by atomic mass is 9.73. The van der Waals surface area contributed by atoms with E-state index in [0.717, 1.165) is 30.8 Å². The number of benzene rings is 2. The lowest BCUT2D eigenvalue weighted by molar-refractivity contribution is -0.0752. The van der Waals surface area contributed by atoms with Crippen LogP contribution in [0.2, 0.25) is 0 Å². The fraction of sp³-hybridized carbons (Fsp3) is 0.455. The predicted octanol–water partition coefficient (Wildman–Crippen LogP) is 2.74. The molecule has 0 unspecified atom stereocenters. The van der Waals surface area contributed by atoms with Gasteiger partial charge in [0.2, 0.25) is 0 Å². The Bertz CT molecular complexity index is 649. The Balaban J connectivity index is 1.53. The Morgan fingerprint density at radius 1 is 1.04 bits per heavy atom. The third-order valence-electron chi connectivity index (χ3n) is 5.31. The molecule has 4 nitrogen and oxygen atoms in total. The Morgan fingerprint density at radius 3 is 2.42 bits per heavy atom. The highest BCUT2D eigenvalue weighted by atomic mass is 16.5. The summed E-state index contributed by atoms with van der Waals surface area (Å²) in [7, 11) is 0. The van der Waals surface area contributed by atoms with Crippen molar-refractivity contribution in [3.8, 4) is 5.75 Å². The van der Waals surface area contributed by atoms with Crippen LogP contribution in [0.15, 0.2) is 60.7 Å². The van der Waals surface area contributed by atoms with Gasteiger partial charge in [-0.25, -0.2) is 0 Å². The first kappa shape index (κ1) is 18.9. The second-order valence-corrected chi connectivity index (χ2v) is 7.28. The summed E-state index contributed by atoms with van der Waals surface area (Å²) in [6.07, 6.45) is 1.86. The van der Waals surface area contributed by atoms with Crippen molar-refractivity contribution in [3.63, 3.8) is 0 Å². The Morgan fingerprint density at radius 2 is 1.73 bits per heavy atom. The van der Waals surface area contributed by atoms with E-state index in [2.05, 4.69) is 17.0 Å². The van der Waals surface area contributed by atoms with Crippen molar-refractivity contribution < 1.29 is 14.9 Å². The fourth-order valence-corrected chi connectivity index (χ4v) is 3.81. The second kappa shape index (κ2) is 9.17. The molecule has 26 heavy (non-hydrogen) atoms. The molecule has 4 heteroatoms. The van der Waals surface area contributed by atoms with E-state index in [0.29, 0.717) is 26.0 Å². The van der Waals surface area contributed by atoms with Crippen LogP contribution in [0.25, 0.3) is 0 Å². The molecule has 1 fully saturated rings. The van der Waals surface area contributed by atoms with E-state index in [9.17, 15) is 10.2 Å². The third kappa shape index (κ3) is 4.85. The van der Waals surface area contributed by atoms with Crippen LogP contribution >= 0.6 is 0 Å². The molecule has 0 spiro atoms. The van der Waals surface area contributed by atoms with Gasteiger partial charge >= 0.3 is 0 Å². The van der Waals surface area contributed by atoms with Crippen LogP contribution in [0.3, 0.4) is 0 Å². The zero-order valence-corrected chi connectivity index (χ0v) is 15.3. The Hall–Kier alpha value is -1.88. The maximum atomic E-state index is 10.6. The van der Waals surface area contributed by atoms with Gasteiger partial charge in [0.05, 0.1) is 19.3 Å². The molecule has 1 saturated heterocycles. The minimum Gasteiger partial charge on any atom is -0.494 e. The third-order valence-corrected chi connectivity index (χ3v) is 5.31. The molecule has 0 saturated carbocycles. The van der Waals surface area contributed by atoms with Crippen molar-refractivity contribution in [1.82, 2.24) is 4.90 Å². The summed E-state index contributed by atoms with van der Waals surface area (Å²) < 4.78 is 5.77. The van der Waals surface area contributed by atoms with E-state index in [1.165, 1.54) is 0 Å². The number of rotatable bonds is 8. The molecule has 1 aliphatic heterocycles. The van der Waals surface area contributed by atoms with E-state index < -0.39 is 11.5 Å². The maximum absolute atomic E-state index is 10.6. The Kier molecular flexibility index (Phi) is 6.67. The lowest BCUT2D eigenvalue weighted by Gasteiger charge is -2.45. The summed E-state index contributed by atoms with van der Waals surface area (Å²) in [5, 5.41) is 20.7. The monoisotopic (exact) mass is 355 g/mol. The van der Waals surface area contributed by atoms with Crippen molar-refractivity contribution in [2.24, 2.45) is 5.41 Å². The summed E-state index contributed by atoms with van der Waals surface area (Å²) in [5.74, 6) is 0.898. The number of nitrogens with zero attached hydrogens (tertiary/aromatic N) is 1. The molecule has 0 bridgehead atoms. The summed E-state index contributed by atoms with van der Waals surface area (Å²) in [6, 6.07) is 20.0. The number of ether oxygens (including phenoxy) is 1. The smallest absolute Gasteiger partial charge is 0.119 e. The standard InChI is InChI=1S/C22H29NO3/c24-18-22(16-19-8-3-1-4-9-19)17-23(14-12-21(22)25)13-7-15-26-20-10-5-2-6-11-20/h1-6,8-11,21,24-25H,7,12-18H2/t21-,22+/m0/s1. The van der Waals surface area contributed by atoms with Crippen molar-refractivity contribution in [1.29, 1.82) is 0 Å². The number of aliphatic hydroxyl groups is 2. The van der Waals surface area contributed by atoms with Crippen LogP contribution in [-0.4, -0.2) is 54.1 Å². The molecule has 2 N–H and O–H groups in total. The fourth-order valence-electron chi connectivity index (χ4n) is 3.81. The average molecular weight is 355 g/mol. The largest absolute Gasteiger partial charge is 0.494 e. The highest BCUT2D eigenvalue weighted by molar-refractivity contribution is 5.21. The second-order valence-electron chi connectivity index (χ2n) is 7.28. The topological polar surface area (TPSA) is 52.9 Å². The molecule has 140 valence electrons. The van der Waals surface area contributed by atoms with Crippen molar-refractivity contribution >= 4 is 0 Å². The number of hydrogen-bond acceptors (Lipinski definition) is 4. The van der Waals surface area contributed by atoms with E-state index >= 15 is 0 Å². The van der Waals surface area contributed by atoms with Crippen molar-refractivity contribution in [2.75, 3.05) is 32.8 Å². The number of aliphatic hydroxyl groups excluding tert-OH is 2. The maximum Gasteiger partial charge on any atom is 0.119 e. The van der Waals surface area contributed by atoms with Crippen LogP contribution in [0.4, 0.5) is 0 Å². The van der Waals surface area contributed by atoms with E-state index in [4.69, 9.17) is 4.74 Å². The van der Waals surface area contributed by atoms with Crippen molar-refractivity contribution in [2.45, 2.75) is 25.4 Å². The number of para-hydroxylation sites is 1. The van der Waals surface area contributed by atoms with Crippen LogP contribution in [-0.2, 0) is 6.42 Å². The van der Waals surface area contributed by atoms with Gasteiger partial charge in [0.1, 0.15) is 5.75 Å². The zero-order chi connectivity index (χ0) is 18.2. The van der Waals surface area contributed by atoms with E-state index in [1.54, 1.807) is 0 Å². The van der Waals surface area contributed by atoms with Gasteiger partial charge in [-0.05, 0) is 37.0 Å². The number of hydrogen-bond donors (Lipinski definition) is 2. The molecule has 2 aromatic rings. The molecule has 0 aliphatic carbocycles. The molecular weight excluding hydrogens is 326 g/mol. The molecule has 0 aromatic heterocycles. The summed E-state index contributed by atoms with van der Waals surface area (Å²) >= 11 is 0. The first-order valence-electron chi connectivity index (χ1n) is 9.45. The molecular formula is C22H29NO3. The van der Waals surface area contributed by atoms with Gasteiger partial charge in [0, 0.05) is 25.0 Å². The SMILES string of the molecule is OC[C@@]1(Cc2ccccc2)CN(CCCOc2ccccc2)CC[C@@H]1O. The van der Waals surface area contributed by atoms with Gasteiger partial charge < -0.3 is 19.8 Å². The summed E-state index contributed by atoms with van der Waals surface area (Å²) in [6.45, 7) is 3.16. The van der Waals surface area contributed by atoms with Gasteiger partial charge in [0.15, 0.2) is 0 Å². The molecule has 3 rings (SSSR count). The highest BCUT2D eigenvalue weighted by Gasteiger charge is 2.42. The van der Waals surface area contributed by atoms with E-state index in [1.807, 2.05) is 48.5 Å². The van der Waals surface area contributed by atoms with Gasteiger partial charge in [-0.1, -0.05) is 48.5 Å². The van der Waals surface area contributed by atoms with Gasteiger partial charge in [-0.2, -0.15) is 0 Å². The average Bonchev–Trinajstić information content (AvgIpc) is 2.69. The molecule has 2 aromatic carbocycles. The van der Waals surface area contributed by atoms with Gasteiger partial charge in [-0.3, -0.25) is 0 Å². The summed E-state index contributed by atoms with van der Waals surface area (Å²) in [5.41, 5.74) is 0.676. The van der Waals surface area contributed by atoms with Crippen LogP contribution in [0.5, 0.6) is 5.75 Å². The van der Waals surface area contributed by atoms with Gasteiger partial charge in [-0.15, -0.1) is 0 Å². The summed E-state index contributed by atoms with van der Waals surface area (Å²) in [4.78, 5) is 2.35. The molecule has 2 atom stereocenters. The highest BCUT2D eigenvalue weighted by Crippen LogP contribution is 2.34. The molecule has 1 aliphatic rings. The Labute approximate surface area is 156 Å². The van der Waals surface area contributed by atoms with Crippen LogP contribution in [0.1, 0.15) is 18.4 Å². The molecule has 0 radical (unpaired) electrons. The quantitative estimate of drug-likeness (QED) is 0.715. The van der Waals surface area contributed by atoms with Crippen molar-refractivity contribution in [3.05, 3.63) is 66.2 Å². The van der Waals surface area contributed by atoms with Gasteiger partial charge in [0.25, 0.3) is 0 Å². The normalized spacial score (nSPS) is 23.7. The first-order chi connectivity index (χ1) is 12.7. The first-order valence-corrected chi connectivity index (χ1v) is 9.45. The number of piperidine rings is 1. The molecule has 0 amide bonds. The molecule has 1 heterocycles. The van der Waals surface area contributed by atoms with E-state index in [-0.39, 0.29) is 6.61 Å². The zero-order valence-electron chi connectivity index (χ0n) is 15.3. The lowest BCUT2D eigenvalue weighted by Crippen LogP contribution is -2.55. The predicted molar refractivity (Wildman–Crippen MR) is 103 cm³/mol. The number of likely N-dealkylation sites (tertiary alicyclic amines) is 1. The van der Waals surface area contributed by atoms with Crippen LogP contribution in [0, 0.1) is 5.41 Å². The van der Waals surface area contributed by atoms with Crippen LogP contribution < -0.4 is 4.74 Å².